The topological polar surface area (TPSA) is 93.7 Å². The maximum Gasteiger partial charge on any atom is 0.262 e. The Kier molecular flexibility index (Phi) is 7.54. The maximum atomic E-state index is 12.9. The van der Waals surface area contributed by atoms with Gasteiger partial charge in [-0.3, -0.25) is 9.52 Å². The van der Waals surface area contributed by atoms with E-state index in [0.717, 1.165) is 6.42 Å². The number of ether oxygens (including phenoxy) is 2. The van der Waals surface area contributed by atoms with E-state index in [1.54, 1.807) is 35.6 Å². The SMILES string of the molecule is COc1ccc(S(=O)(=O)Nc2ccccc2OC)cc1NC(=O)CCCc1cccs1. The van der Waals surface area contributed by atoms with Crippen molar-refractivity contribution in [2.45, 2.75) is 24.2 Å². The lowest BCUT2D eigenvalue weighted by Gasteiger charge is -2.14. The Bertz CT molecular complexity index is 1130. The molecule has 0 aliphatic rings. The number of carbonyl (C=O) groups excluding carboxylic acids is 1. The van der Waals surface area contributed by atoms with Crippen molar-refractivity contribution in [3.63, 3.8) is 0 Å². The molecule has 9 heteroatoms. The van der Waals surface area contributed by atoms with Gasteiger partial charge in [-0.25, -0.2) is 8.42 Å². The quantitative estimate of drug-likeness (QED) is 0.464. The standard InChI is InChI=1S/C22H24N2O5S2/c1-28-20-10-4-3-9-18(20)24-31(26,27)17-12-13-21(29-2)19(15-17)23-22(25)11-5-7-16-8-6-14-30-16/h3-4,6,8-10,12-15,24H,5,7,11H2,1-2H3,(H,23,25). The van der Waals surface area contributed by atoms with Gasteiger partial charge in [-0.05, 0) is 54.6 Å². The normalized spacial score (nSPS) is 11.0. The highest BCUT2D eigenvalue weighted by molar-refractivity contribution is 7.92. The lowest BCUT2D eigenvalue weighted by Crippen LogP contribution is -2.16. The molecule has 0 bridgehead atoms. The Hall–Kier alpha value is -3.04. The van der Waals surface area contributed by atoms with Gasteiger partial charge in [0.05, 0.1) is 30.5 Å². The molecule has 31 heavy (non-hydrogen) atoms. The lowest BCUT2D eigenvalue weighted by atomic mass is 10.2. The molecule has 1 amide bonds. The molecule has 2 aromatic carbocycles. The van der Waals surface area contributed by atoms with Crippen molar-refractivity contribution in [3.8, 4) is 11.5 Å². The smallest absolute Gasteiger partial charge is 0.262 e. The molecule has 1 heterocycles. The summed E-state index contributed by atoms with van der Waals surface area (Å²) in [6.07, 6.45) is 1.83. The first-order chi connectivity index (χ1) is 14.9. The van der Waals surface area contributed by atoms with Crippen LogP contribution in [0.3, 0.4) is 0 Å². The van der Waals surface area contributed by atoms with Crippen LogP contribution in [0, 0.1) is 0 Å². The minimum Gasteiger partial charge on any atom is -0.495 e. The zero-order valence-corrected chi connectivity index (χ0v) is 18.9. The zero-order chi connectivity index (χ0) is 22.3. The van der Waals surface area contributed by atoms with Gasteiger partial charge in [0, 0.05) is 11.3 Å². The van der Waals surface area contributed by atoms with Gasteiger partial charge < -0.3 is 14.8 Å². The number of benzene rings is 2. The van der Waals surface area contributed by atoms with Gasteiger partial charge in [0.1, 0.15) is 11.5 Å². The molecule has 164 valence electrons. The van der Waals surface area contributed by atoms with Crippen LogP contribution in [-0.4, -0.2) is 28.5 Å². The fourth-order valence-electron chi connectivity index (χ4n) is 2.98. The molecule has 0 atom stereocenters. The molecule has 2 N–H and O–H groups in total. The third-order valence-electron chi connectivity index (χ3n) is 4.51. The summed E-state index contributed by atoms with van der Waals surface area (Å²) in [5, 5.41) is 4.77. The summed E-state index contributed by atoms with van der Waals surface area (Å²) in [6, 6.07) is 15.1. The molecule has 3 rings (SSSR count). The second kappa shape index (κ2) is 10.3. The number of nitrogens with one attached hydrogen (secondary N) is 2. The molecule has 0 fully saturated rings. The van der Waals surface area contributed by atoms with E-state index in [2.05, 4.69) is 10.0 Å². The number of hydrogen-bond donors (Lipinski definition) is 2. The van der Waals surface area contributed by atoms with Crippen molar-refractivity contribution < 1.29 is 22.7 Å². The number of methoxy groups -OCH3 is 2. The van der Waals surface area contributed by atoms with Crippen LogP contribution in [0.4, 0.5) is 11.4 Å². The summed E-state index contributed by atoms with van der Waals surface area (Å²) in [5.41, 5.74) is 0.617. The van der Waals surface area contributed by atoms with Crippen LogP contribution < -0.4 is 19.5 Å². The number of carbonyl (C=O) groups is 1. The molecular formula is C22H24N2O5S2. The van der Waals surface area contributed by atoms with E-state index in [0.29, 0.717) is 35.7 Å². The molecule has 0 radical (unpaired) electrons. The highest BCUT2D eigenvalue weighted by Gasteiger charge is 2.19. The summed E-state index contributed by atoms with van der Waals surface area (Å²) in [5.74, 6) is 0.573. The van der Waals surface area contributed by atoms with Crippen molar-refractivity contribution in [3.05, 3.63) is 64.9 Å². The van der Waals surface area contributed by atoms with Gasteiger partial charge in [-0.15, -0.1) is 11.3 Å². The van der Waals surface area contributed by atoms with Crippen LogP contribution in [0.2, 0.25) is 0 Å². The second-order valence-corrected chi connectivity index (χ2v) is 9.36. The highest BCUT2D eigenvalue weighted by atomic mass is 32.2. The van der Waals surface area contributed by atoms with E-state index in [1.165, 1.54) is 37.3 Å². The van der Waals surface area contributed by atoms with E-state index in [-0.39, 0.29) is 10.8 Å². The average Bonchev–Trinajstić information content (AvgIpc) is 3.27. The lowest BCUT2D eigenvalue weighted by molar-refractivity contribution is -0.116. The fourth-order valence-corrected chi connectivity index (χ4v) is 4.82. The van der Waals surface area contributed by atoms with Gasteiger partial charge in [0.2, 0.25) is 5.91 Å². The Morgan fingerprint density at radius 3 is 2.42 bits per heavy atom. The number of hydrogen-bond acceptors (Lipinski definition) is 6. The monoisotopic (exact) mass is 460 g/mol. The number of thiophene rings is 1. The van der Waals surface area contributed by atoms with Crippen molar-refractivity contribution in [1.82, 2.24) is 0 Å². The first-order valence-corrected chi connectivity index (χ1v) is 12.0. The van der Waals surface area contributed by atoms with Crippen molar-refractivity contribution in [1.29, 1.82) is 0 Å². The number of amides is 1. The van der Waals surface area contributed by atoms with Crippen molar-refractivity contribution >= 4 is 38.6 Å². The number of aryl methyl sites for hydroxylation is 1. The third kappa shape index (κ3) is 5.99. The van der Waals surface area contributed by atoms with E-state index in [1.807, 2.05) is 17.5 Å². The summed E-state index contributed by atoms with van der Waals surface area (Å²) < 4.78 is 38.8. The van der Waals surface area contributed by atoms with E-state index in [4.69, 9.17) is 9.47 Å². The fraction of sp³-hybridized carbons (Fsp3) is 0.227. The van der Waals surface area contributed by atoms with Crippen LogP contribution in [0.5, 0.6) is 11.5 Å². The third-order valence-corrected chi connectivity index (χ3v) is 6.81. The summed E-state index contributed by atoms with van der Waals surface area (Å²) in [4.78, 5) is 13.6. The number of para-hydroxylation sites is 2. The molecule has 1 aromatic heterocycles. The van der Waals surface area contributed by atoms with Crippen LogP contribution in [0.25, 0.3) is 0 Å². The van der Waals surface area contributed by atoms with Gasteiger partial charge in [-0.1, -0.05) is 18.2 Å². The average molecular weight is 461 g/mol. The van der Waals surface area contributed by atoms with Gasteiger partial charge in [0.15, 0.2) is 0 Å². The van der Waals surface area contributed by atoms with E-state index >= 15 is 0 Å². The molecule has 0 saturated heterocycles. The number of anilines is 2. The summed E-state index contributed by atoms with van der Waals surface area (Å²) in [7, 11) is -0.985. The molecule has 3 aromatic rings. The zero-order valence-electron chi connectivity index (χ0n) is 17.3. The summed E-state index contributed by atoms with van der Waals surface area (Å²) in [6.45, 7) is 0. The Morgan fingerprint density at radius 1 is 0.968 bits per heavy atom. The Morgan fingerprint density at radius 2 is 1.71 bits per heavy atom. The van der Waals surface area contributed by atoms with Crippen LogP contribution >= 0.6 is 11.3 Å². The van der Waals surface area contributed by atoms with Crippen molar-refractivity contribution in [2.75, 3.05) is 24.3 Å². The van der Waals surface area contributed by atoms with Crippen LogP contribution in [-0.2, 0) is 21.2 Å². The predicted molar refractivity (Wildman–Crippen MR) is 123 cm³/mol. The minimum atomic E-state index is -3.91. The predicted octanol–water partition coefficient (Wildman–Crippen LogP) is 4.53. The minimum absolute atomic E-state index is 0.00640. The molecule has 0 aliphatic heterocycles. The molecule has 0 aliphatic carbocycles. The highest BCUT2D eigenvalue weighted by Crippen LogP contribution is 2.30. The molecule has 7 nitrogen and oxygen atoms in total. The maximum absolute atomic E-state index is 12.9. The van der Waals surface area contributed by atoms with Crippen LogP contribution in [0.1, 0.15) is 17.7 Å². The Balaban J connectivity index is 1.73. The molecule has 0 unspecified atom stereocenters. The molecule has 0 saturated carbocycles. The van der Waals surface area contributed by atoms with E-state index in [9.17, 15) is 13.2 Å². The largest absolute Gasteiger partial charge is 0.495 e. The second-order valence-electron chi connectivity index (χ2n) is 6.65. The van der Waals surface area contributed by atoms with Gasteiger partial charge in [-0.2, -0.15) is 0 Å². The molecular weight excluding hydrogens is 436 g/mol. The Labute approximate surface area is 186 Å². The van der Waals surface area contributed by atoms with E-state index < -0.39 is 10.0 Å². The van der Waals surface area contributed by atoms with Gasteiger partial charge >= 0.3 is 0 Å². The summed E-state index contributed by atoms with van der Waals surface area (Å²) >= 11 is 1.66. The molecule has 0 spiro atoms. The number of sulfonamides is 1. The first kappa shape index (κ1) is 22.6. The number of rotatable bonds is 10. The first-order valence-electron chi connectivity index (χ1n) is 9.59. The van der Waals surface area contributed by atoms with Gasteiger partial charge in [0.25, 0.3) is 10.0 Å². The van der Waals surface area contributed by atoms with Crippen molar-refractivity contribution in [2.24, 2.45) is 0 Å². The van der Waals surface area contributed by atoms with Crippen LogP contribution in [0.15, 0.2) is 64.9 Å².